The molecule has 2 N–H and O–H groups in total. The minimum Gasteiger partial charge on any atom is -0.444 e. The van der Waals surface area contributed by atoms with Crippen LogP contribution >= 0.6 is 0 Å². The van der Waals surface area contributed by atoms with Gasteiger partial charge in [-0.15, -0.1) is 0 Å². The summed E-state index contributed by atoms with van der Waals surface area (Å²) < 4.78 is 5.37. The molecule has 0 bridgehead atoms. The predicted molar refractivity (Wildman–Crippen MR) is 85.4 cm³/mol. The van der Waals surface area contributed by atoms with Crippen molar-refractivity contribution >= 4 is 6.09 Å². The lowest BCUT2D eigenvalue weighted by atomic mass is 9.87. The van der Waals surface area contributed by atoms with Gasteiger partial charge in [-0.25, -0.2) is 4.79 Å². The van der Waals surface area contributed by atoms with Crippen molar-refractivity contribution in [2.24, 2.45) is 5.92 Å². The highest BCUT2D eigenvalue weighted by Crippen LogP contribution is 2.26. The second-order valence-electron chi connectivity index (χ2n) is 7.91. The summed E-state index contributed by atoms with van der Waals surface area (Å²) in [7, 11) is 0. The van der Waals surface area contributed by atoms with Gasteiger partial charge in [-0.3, -0.25) is 0 Å². The number of alkyl carbamates (subject to hydrolysis) is 1. The Balaban J connectivity index is 1.79. The van der Waals surface area contributed by atoms with E-state index in [0.29, 0.717) is 12.1 Å². The van der Waals surface area contributed by atoms with Crippen LogP contribution in [-0.2, 0) is 4.74 Å². The molecule has 0 aromatic rings. The summed E-state index contributed by atoms with van der Waals surface area (Å²) in [4.78, 5) is 11.9. The average molecular weight is 296 g/mol. The van der Waals surface area contributed by atoms with Crippen molar-refractivity contribution in [1.82, 2.24) is 10.6 Å². The Morgan fingerprint density at radius 1 is 1.00 bits per heavy atom. The Labute approximate surface area is 129 Å². The molecule has 0 heterocycles. The topological polar surface area (TPSA) is 50.4 Å². The van der Waals surface area contributed by atoms with E-state index in [0.717, 1.165) is 18.8 Å². The molecule has 2 aliphatic rings. The van der Waals surface area contributed by atoms with E-state index < -0.39 is 5.60 Å². The highest BCUT2D eigenvalue weighted by molar-refractivity contribution is 5.68. The first kappa shape index (κ1) is 16.6. The summed E-state index contributed by atoms with van der Waals surface area (Å²) >= 11 is 0. The molecule has 4 nitrogen and oxygen atoms in total. The van der Waals surface area contributed by atoms with Crippen LogP contribution in [0.25, 0.3) is 0 Å². The molecule has 0 aromatic carbocycles. The summed E-state index contributed by atoms with van der Waals surface area (Å²) in [6, 6.07) is 1.27. The minimum atomic E-state index is -0.425. The lowest BCUT2D eigenvalue weighted by Gasteiger charge is -2.32. The molecule has 2 aliphatic carbocycles. The highest BCUT2D eigenvalue weighted by Gasteiger charge is 2.32. The first-order valence-electron chi connectivity index (χ1n) is 8.59. The summed E-state index contributed by atoms with van der Waals surface area (Å²) in [5.41, 5.74) is -0.425. The number of carbonyl (C=O) groups excluding carboxylic acids is 1. The molecule has 2 atom stereocenters. The fourth-order valence-electron chi connectivity index (χ4n) is 3.52. The van der Waals surface area contributed by atoms with Crippen LogP contribution < -0.4 is 10.6 Å². The number of carbonyl (C=O) groups is 1. The quantitative estimate of drug-likeness (QED) is 0.836. The van der Waals surface area contributed by atoms with Gasteiger partial charge in [0.15, 0.2) is 0 Å². The van der Waals surface area contributed by atoms with Gasteiger partial charge < -0.3 is 15.4 Å². The fraction of sp³-hybridized carbons (Fsp3) is 0.941. The molecule has 0 aliphatic heterocycles. The van der Waals surface area contributed by atoms with Crippen molar-refractivity contribution in [3.05, 3.63) is 0 Å². The van der Waals surface area contributed by atoms with Crippen LogP contribution in [0, 0.1) is 5.92 Å². The van der Waals surface area contributed by atoms with Gasteiger partial charge in [0, 0.05) is 18.1 Å². The summed E-state index contributed by atoms with van der Waals surface area (Å²) in [5.74, 6) is 0.877. The molecule has 4 heteroatoms. The fourth-order valence-corrected chi connectivity index (χ4v) is 3.52. The largest absolute Gasteiger partial charge is 0.444 e. The second kappa shape index (κ2) is 6.99. The van der Waals surface area contributed by atoms with Crippen LogP contribution in [-0.4, -0.2) is 29.8 Å². The molecular formula is C17H32N2O2. The Morgan fingerprint density at radius 3 is 2.24 bits per heavy atom. The molecule has 2 rings (SSSR count). The van der Waals surface area contributed by atoms with Crippen molar-refractivity contribution in [2.45, 2.75) is 96.4 Å². The van der Waals surface area contributed by atoms with Crippen LogP contribution in [0.2, 0.25) is 0 Å². The van der Waals surface area contributed by atoms with E-state index in [-0.39, 0.29) is 12.1 Å². The van der Waals surface area contributed by atoms with Crippen LogP contribution in [0.3, 0.4) is 0 Å². The zero-order valence-corrected chi connectivity index (χ0v) is 14.1. The van der Waals surface area contributed by atoms with E-state index in [1.165, 1.54) is 32.1 Å². The zero-order valence-electron chi connectivity index (χ0n) is 14.1. The Kier molecular flexibility index (Phi) is 5.53. The van der Waals surface area contributed by atoms with Gasteiger partial charge in [-0.05, 0) is 71.6 Å². The third-order valence-corrected chi connectivity index (χ3v) is 4.68. The van der Waals surface area contributed by atoms with Crippen molar-refractivity contribution in [2.75, 3.05) is 0 Å². The summed E-state index contributed by atoms with van der Waals surface area (Å²) in [6.45, 7) is 8.05. The van der Waals surface area contributed by atoms with E-state index in [1.807, 2.05) is 20.8 Å². The lowest BCUT2D eigenvalue weighted by molar-refractivity contribution is 0.0496. The summed E-state index contributed by atoms with van der Waals surface area (Å²) in [6.07, 6.45) is 8.32. The molecule has 2 fully saturated rings. The molecule has 21 heavy (non-hydrogen) atoms. The third kappa shape index (κ3) is 5.50. The standard InChI is InChI=1S/C17H32N2O2/c1-12-8-10-13(11-9-12)18-14-6-5-7-15(14)19-16(20)21-17(2,3)4/h12-15,18H,5-11H2,1-4H3,(H,19,20). The molecule has 2 unspecified atom stereocenters. The van der Waals surface area contributed by atoms with E-state index in [1.54, 1.807) is 0 Å². The molecule has 0 saturated heterocycles. The van der Waals surface area contributed by atoms with Crippen LogP contribution in [0.5, 0.6) is 0 Å². The summed E-state index contributed by atoms with van der Waals surface area (Å²) in [5, 5.41) is 6.85. The van der Waals surface area contributed by atoms with Gasteiger partial charge in [-0.2, -0.15) is 0 Å². The van der Waals surface area contributed by atoms with Crippen molar-refractivity contribution in [1.29, 1.82) is 0 Å². The normalized spacial score (nSPS) is 33.7. The Hall–Kier alpha value is -0.770. The second-order valence-corrected chi connectivity index (χ2v) is 7.91. The van der Waals surface area contributed by atoms with Gasteiger partial charge in [0.2, 0.25) is 0 Å². The number of rotatable bonds is 3. The van der Waals surface area contributed by atoms with Gasteiger partial charge in [0.25, 0.3) is 0 Å². The molecular weight excluding hydrogens is 264 g/mol. The molecule has 0 spiro atoms. The molecule has 122 valence electrons. The maximum atomic E-state index is 11.9. The van der Waals surface area contributed by atoms with Crippen LogP contribution in [0.15, 0.2) is 0 Å². The Bertz CT molecular complexity index is 343. The highest BCUT2D eigenvalue weighted by atomic mass is 16.6. The monoisotopic (exact) mass is 296 g/mol. The number of hydrogen-bond donors (Lipinski definition) is 2. The number of hydrogen-bond acceptors (Lipinski definition) is 3. The van der Waals surface area contributed by atoms with Gasteiger partial charge in [0.05, 0.1) is 0 Å². The molecule has 1 amide bonds. The van der Waals surface area contributed by atoms with Crippen LogP contribution in [0.1, 0.15) is 72.6 Å². The number of ether oxygens (including phenoxy) is 1. The molecule has 2 saturated carbocycles. The number of nitrogens with one attached hydrogen (secondary N) is 2. The third-order valence-electron chi connectivity index (χ3n) is 4.68. The number of amides is 1. The van der Waals surface area contributed by atoms with Crippen molar-refractivity contribution in [3.8, 4) is 0 Å². The van der Waals surface area contributed by atoms with E-state index in [2.05, 4.69) is 17.6 Å². The van der Waals surface area contributed by atoms with Gasteiger partial charge >= 0.3 is 6.09 Å². The van der Waals surface area contributed by atoms with Gasteiger partial charge in [0.1, 0.15) is 5.60 Å². The van der Waals surface area contributed by atoms with Crippen molar-refractivity contribution < 1.29 is 9.53 Å². The predicted octanol–water partition coefficient (Wildman–Crippen LogP) is 3.60. The van der Waals surface area contributed by atoms with E-state index >= 15 is 0 Å². The molecule has 0 radical (unpaired) electrons. The zero-order chi connectivity index (χ0) is 15.5. The Morgan fingerprint density at radius 2 is 1.62 bits per heavy atom. The first-order chi connectivity index (χ1) is 9.83. The van der Waals surface area contributed by atoms with Crippen LogP contribution in [0.4, 0.5) is 4.79 Å². The maximum absolute atomic E-state index is 11.9. The smallest absolute Gasteiger partial charge is 0.407 e. The SMILES string of the molecule is CC1CCC(NC2CCCC2NC(=O)OC(C)(C)C)CC1. The average Bonchev–Trinajstić information content (AvgIpc) is 2.77. The first-order valence-corrected chi connectivity index (χ1v) is 8.59. The molecule has 0 aromatic heterocycles. The minimum absolute atomic E-state index is 0.221. The maximum Gasteiger partial charge on any atom is 0.407 e. The lowest BCUT2D eigenvalue weighted by Crippen LogP contribution is -2.51. The van der Waals surface area contributed by atoms with E-state index in [9.17, 15) is 4.79 Å². The van der Waals surface area contributed by atoms with E-state index in [4.69, 9.17) is 4.74 Å². The van der Waals surface area contributed by atoms with Crippen molar-refractivity contribution in [3.63, 3.8) is 0 Å². The van der Waals surface area contributed by atoms with Gasteiger partial charge in [-0.1, -0.05) is 6.92 Å².